The van der Waals surface area contributed by atoms with Crippen LogP contribution in [-0.2, 0) is 9.53 Å². The van der Waals surface area contributed by atoms with Gasteiger partial charge in [0.25, 0.3) is 0 Å². The quantitative estimate of drug-likeness (QED) is 0.660. The fourth-order valence-electron chi connectivity index (χ4n) is 1.85. The monoisotopic (exact) mass is 214 g/mol. The van der Waals surface area contributed by atoms with Crippen LogP contribution in [0.1, 0.15) is 46.0 Å². The average molecular weight is 214 g/mol. The van der Waals surface area contributed by atoms with E-state index < -0.39 is 0 Å². The number of aliphatic hydroxyl groups is 1. The number of ether oxygens (including phenoxy) is 1. The Balaban J connectivity index is 2.24. The van der Waals surface area contributed by atoms with E-state index in [1.54, 1.807) is 0 Å². The number of carbonyl (C=O) groups is 1. The summed E-state index contributed by atoms with van der Waals surface area (Å²) >= 11 is 0. The van der Waals surface area contributed by atoms with Gasteiger partial charge in [-0.25, -0.2) is 0 Å². The van der Waals surface area contributed by atoms with E-state index >= 15 is 0 Å². The van der Waals surface area contributed by atoms with E-state index in [9.17, 15) is 4.79 Å². The first-order valence-electron chi connectivity index (χ1n) is 5.88. The summed E-state index contributed by atoms with van der Waals surface area (Å²) in [7, 11) is 0. The molecule has 88 valence electrons. The number of rotatable bonds is 7. The van der Waals surface area contributed by atoms with Crippen molar-refractivity contribution in [1.29, 1.82) is 0 Å². The number of hydrogen-bond acceptors (Lipinski definition) is 3. The molecule has 1 unspecified atom stereocenters. The molecule has 0 aliphatic heterocycles. The molecule has 15 heavy (non-hydrogen) atoms. The van der Waals surface area contributed by atoms with Crippen molar-refractivity contribution in [2.45, 2.75) is 46.0 Å². The van der Waals surface area contributed by atoms with Gasteiger partial charge in [-0.2, -0.15) is 0 Å². The predicted molar refractivity (Wildman–Crippen MR) is 58.4 cm³/mol. The Bertz CT molecular complexity index is 209. The summed E-state index contributed by atoms with van der Waals surface area (Å²) in [6.07, 6.45) is 4.91. The first-order chi connectivity index (χ1) is 7.12. The maximum absolute atomic E-state index is 11.3. The van der Waals surface area contributed by atoms with Crippen LogP contribution in [0, 0.1) is 11.3 Å². The van der Waals surface area contributed by atoms with Crippen LogP contribution in [0.15, 0.2) is 0 Å². The molecule has 3 nitrogen and oxygen atoms in total. The molecule has 1 fully saturated rings. The molecular formula is C12H22O3. The van der Waals surface area contributed by atoms with Gasteiger partial charge in [0, 0.05) is 6.61 Å². The highest BCUT2D eigenvalue weighted by molar-refractivity contribution is 5.70. The zero-order valence-corrected chi connectivity index (χ0v) is 9.79. The van der Waals surface area contributed by atoms with Crippen LogP contribution >= 0.6 is 0 Å². The van der Waals surface area contributed by atoms with Crippen LogP contribution < -0.4 is 0 Å². The third kappa shape index (κ3) is 4.20. The normalized spacial score (nSPS) is 19.7. The Kier molecular flexibility index (Phi) is 4.58. The topological polar surface area (TPSA) is 46.5 Å². The first-order valence-corrected chi connectivity index (χ1v) is 5.88. The highest BCUT2D eigenvalue weighted by Gasteiger charge is 2.44. The average Bonchev–Trinajstić information content (AvgIpc) is 2.95. The molecule has 0 aromatic heterocycles. The first kappa shape index (κ1) is 12.5. The van der Waals surface area contributed by atoms with Crippen molar-refractivity contribution >= 4 is 5.97 Å². The smallest absolute Gasteiger partial charge is 0.306 e. The second kappa shape index (κ2) is 5.50. The fourth-order valence-corrected chi connectivity index (χ4v) is 1.85. The van der Waals surface area contributed by atoms with Crippen molar-refractivity contribution in [3.05, 3.63) is 0 Å². The fraction of sp³-hybridized carbons (Fsp3) is 0.917. The van der Waals surface area contributed by atoms with Gasteiger partial charge in [0.1, 0.15) is 0 Å². The van der Waals surface area contributed by atoms with Gasteiger partial charge in [-0.15, -0.1) is 0 Å². The van der Waals surface area contributed by atoms with Crippen LogP contribution in [0.2, 0.25) is 0 Å². The molecule has 0 bridgehead atoms. The van der Waals surface area contributed by atoms with Crippen molar-refractivity contribution in [3.63, 3.8) is 0 Å². The van der Waals surface area contributed by atoms with E-state index in [1.165, 1.54) is 0 Å². The van der Waals surface area contributed by atoms with E-state index in [1.807, 2.05) is 13.8 Å². The molecule has 0 saturated heterocycles. The molecular weight excluding hydrogens is 192 g/mol. The lowest BCUT2D eigenvalue weighted by Crippen LogP contribution is -2.14. The van der Waals surface area contributed by atoms with Crippen molar-refractivity contribution in [2.24, 2.45) is 11.3 Å². The number of carbonyl (C=O) groups excluding carboxylic acids is 1. The lowest BCUT2D eigenvalue weighted by Gasteiger charge is -2.16. The second-order valence-electron chi connectivity index (χ2n) is 4.81. The summed E-state index contributed by atoms with van der Waals surface area (Å²) in [5.41, 5.74) is 0.218. The van der Waals surface area contributed by atoms with Gasteiger partial charge < -0.3 is 9.84 Å². The third-order valence-electron chi connectivity index (χ3n) is 3.26. The SMILES string of the molecule is CCOC(=O)CC1(CCC(C)CO)CC1. The standard InChI is InChI=1S/C12H22O3/c1-3-15-11(14)8-12(6-7-12)5-4-10(2)9-13/h10,13H,3-9H2,1-2H3. The lowest BCUT2D eigenvalue weighted by atomic mass is 9.92. The number of esters is 1. The Hall–Kier alpha value is -0.570. The van der Waals surface area contributed by atoms with Crippen LogP contribution in [-0.4, -0.2) is 24.3 Å². The van der Waals surface area contributed by atoms with Crippen LogP contribution in [0.25, 0.3) is 0 Å². The zero-order valence-electron chi connectivity index (χ0n) is 9.79. The Morgan fingerprint density at radius 2 is 2.20 bits per heavy atom. The Morgan fingerprint density at radius 3 is 2.67 bits per heavy atom. The predicted octanol–water partition coefficient (Wildman–Crippen LogP) is 2.13. The largest absolute Gasteiger partial charge is 0.466 e. The van der Waals surface area contributed by atoms with Gasteiger partial charge in [-0.05, 0) is 43.9 Å². The van der Waals surface area contributed by atoms with Gasteiger partial charge in [-0.3, -0.25) is 4.79 Å². The van der Waals surface area contributed by atoms with Gasteiger partial charge in [-0.1, -0.05) is 6.92 Å². The second-order valence-corrected chi connectivity index (χ2v) is 4.81. The summed E-state index contributed by atoms with van der Waals surface area (Å²) in [5, 5.41) is 8.93. The van der Waals surface area contributed by atoms with Gasteiger partial charge >= 0.3 is 5.97 Å². The molecule has 1 rings (SSSR count). The molecule has 1 atom stereocenters. The molecule has 1 aliphatic carbocycles. The van der Waals surface area contributed by atoms with Crippen molar-refractivity contribution in [2.75, 3.05) is 13.2 Å². The summed E-state index contributed by atoms with van der Waals surface area (Å²) in [6.45, 7) is 4.60. The molecule has 1 aliphatic rings. The molecule has 0 heterocycles. The van der Waals surface area contributed by atoms with E-state index in [4.69, 9.17) is 9.84 Å². The van der Waals surface area contributed by atoms with E-state index in [0.717, 1.165) is 25.7 Å². The molecule has 1 N–H and O–H groups in total. The molecule has 0 spiro atoms. The van der Waals surface area contributed by atoms with Crippen LogP contribution in [0.4, 0.5) is 0 Å². The van der Waals surface area contributed by atoms with E-state index in [-0.39, 0.29) is 18.0 Å². The summed E-state index contributed by atoms with van der Waals surface area (Å²) in [6, 6.07) is 0. The van der Waals surface area contributed by atoms with Gasteiger partial charge in [0.2, 0.25) is 0 Å². The zero-order chi connectivity index (χ0) is 11.3. The maximum Gasteiger partial charge on any atom is 0.306 e. The minimum atomic E-state index is -0.0633. The summed E-state index contributed by atoms with van der Waals surface area (Å²) in [4.78, 5) is 11.3. The van der Waals surface area contributed by atoms with Gasteiger partial charge in [0.15, 0.2) is 0 Å². The van der Waals surface area contributed by atoms with Gasteiger partial charge in [0.05, 0.1) is 13.0 Å². The van der Waals surface area contributed by atoms with Crippen molar-refractivity contribution < 1.29 is 14.6 Å². The van der Waals surface area contributed by atoms with Crippen molar-refractivity contribution in [1.82, 2.24) is 0 Å². The molecule has 0 amide bonds. The van der Waals surface area contributed by atoms with Crippen molar-refractivity contribution in [3.8, 4) is 0 Å². The minimum absolute atomic E-state index is 0.0633. The van der Waals surface area contributed by atoms with Crippen LogP contribution in [0.3, 0.4) is 0 Å². The molecule has 0 radical (unpaired) electrons. The Labute approximate surface area is 91.8 Å². The molecule has 0 aromatic rings. The summed E-state index contributed by atoms with van der Waals surface area (Å²) in [5.74, 6) is 0.288. The highest BCUT2D eigenvalue weighted by Crippen LogP contribution is 2.53. The van der Waals surface area contributed by atoms with Crippen LogP contribution in [0.5, 0.6) is 0 Å². The molecule has 1 saturated carbocycles. The van der Waals surface area contributed by atoms with E-state index in [2.05, 4.69) is 0 Å². The van der Waals surface area contributed by atoms with E-state index in [0.29, 0.717) is 18.9 Å². The summed E-state index contributed by atoms with van der Waals surface area (Å²) < 4.78 is 4.96. The third-order valence-corrected chi connectivity index (χ3v) is 3.26. The highest BCUT2D eigenvalue weighted by atomic mass is 16.5. The molecule has 3 heteroatoms. The lowest BCUT2D eigenvalue weighted by molar-refractivity contribution is -0.144. The maximum atomic E-state index is 11.3. The number of aliphatic hydroxyl groups excluding tert-OH is 1. The molecule has 0 aromatic carbocycles. The Morgan fingerprint density at radius 1 is 1.53 bits per heavy atom. The minimum Gasteiger partial charge on any atom is -0.466 e. The number of hydrogen-bond donors (Lipinski definition) is 1.